The van der Waals surface area contributed by atoms with E-state index in [1.807, 2.05) is 0 Å². The number of nitrogens with two attached hydrogens (primary N) is 1. The van der Waals surface area contributed by atoms with E-state index in [1.54, 1.807) is 18.2 Å². The quantitative estimate of drug-likeness (QED) is 0.498. The molecule has 0 fully saturated rings. The number of hydrogen-bond donors (Lipinski definition) is 3. The summed E-state index contributed by atoms with van der Waals surface area (Å²) in [5.74, 6) is 0.401. The highest BCUT2D eigenvalue weighted by atomic mass is 35.5. The van der Waals surface area contributed by atoms with Gasteiger partial charge in [-0.2, -0.15) is 13.2 Å². The van der Waals surface area contributed by atoms with Gasteiger partial charge in [-0.3, -0.25) is 0 Å². The molecule has 2 aromatic carbocycles. The fourth-order valence-corrected chi connectivity index (χ4v) is 2.79. The average Bonchev–Trinajstić information content (AvgIpc) is 2.57. The number of nitrogens with zero attached hydrogens (tertiary/aromatic N) is 2. The zero-order valence-corrected chi connectivity index (χ0v) is 15.0. The van der Waals surface area contributed by atoms with Crippen LogP contribution in [-0.4, -0.2) is 9.97 Å². The van der Waals surface area contributed by atoms with E-state index in [1.165, 1.54) is 18.5 Å². The van der Waals surface area contributed by atoms with Crippen molar-refractivity contribution in [2.45, 2.75) is 6.18 Å². The van der Waals surface area contributed by atoms with Gasteiger partial charge in [-0.05, 0) is 36.4 Å². The second-order valence-electron chi connectivity index (χ2n) is 5.47. The Kier molecular flexibility index (Phi) is 5.29. The molecule has 140 valence electrons. The lowest BCUT2D eigenvalue weighted by Gasteiger charge is -2.14. The minimum Gasteiger partial charge on any atom is -0.393 e. The minimum absolute atomic E-state index is 0.117. The van der Waals surface area contributed by atoms with E-state index in [9.17, 15) is 13.2 Å². The van der Waals surface area contributed by atoms with Gasteiger partial charge in [-0.25, -0.2) is 9.97 Å². The summed E-state index contributed by atoms with van der Waals surface area (Å²) in [5, 5.41) is 6.55. The number of nitrogen functional groups attached to an aromatic ring is 1. The summed E-state index contributed by atoms with van der Waals surface area (Å²) in [5.41, 5.74) is 6.10. The predicted molar refractivity (Wildman–Crippen MR) is 101 cm³/mol. The Hall–Kier alpha value is -2.71. The first-order chi connectivity index (χ1) is 12.7. The number of hydrogen-bond acceptors (Lipinski definition) is 5. The van der Waals surface area contributed by atoms with Gasteiger partial charge in [0.15, 0.2) is 11.6 Å². The molecule has 3 aromatic rings. The molecule has 1 aromatic heterocycles. The molecule has 0 saturated heterocycles. The number of benzene rings is 2. The summed E-state index contributed by atoms with van der Waals surface area (Å²) < 4.78 is 38.5. The van der Waals surface area contributed by atoms with Crippen LogP contribution >= 0.6 is 23.2 Å². The summed E-state index contributed by atoms with van der Waals surface area (Å²) in [7, 11) is 0. The maximum Gasteiger partial charge on any atom is 0.416 e. The van der Waals surface area contributed by atoms with Crippen molar-refractivity contribution in [2.24, 2.45) is 0 Å². The van der Waals surface area contributed by atoms with Gasteiger partial charge in [0.1, 0.15) is 12.0 Å². The van der Waals surface area contributed by atoms with Crippen LogP contribution in [0.1, 0.15) is 5.56 Å². The number of rotatable bonds is 4. The fourth-order valence-electron chi connectivity index (χ4n) is 2.27. The molecule has 0 amide bonds. The topological polar surface area (TPSA) is 75.9 Å². The molecule has 0 aliphatic rings. The monoisotopic (exact) mass is 413 g/mol. The lowest BCUT2D eigenvalue weighted by Crippen LogP contribution is -2.07. The van der Waals surface area contributed by atoms with Gasteiger partial charge in [-0.15, -0.1) is 0 Å². The van der Waals surface area contributed by atoms with Crippen LogP contribution in [0.15, 0.2) is 48.8 Å². The third-order valence-electron chi connectivity index (χ3n) is 3.46. The first-order valence-electron chi connectivity index (χ1n) is 7.50. The maximum absolute atomic E-state index is 12.8. The fraction of sp³-hybridized carbons (Fsp3) is 0.0588. The van der Waals surface area contributed by atoms with Gasteiger partial charge in [0.25, 0.3) is 0 Å². The maximum atomic E-state index is 12.8. The number of alkyl halides is 3. The van der Waals surface area contributed by atoms with Crippen LogP contribution in [0.4, 0.5) is 41.9 Å². The molecular weight excluding hydrogens is 402 g/mol. The smallest absolute Gasteiger partial charge is 0.393 e. The third-order valence-corrected chi connectivity index (χ3v) is 3.90. The van der Waals surface area contributed by atoms with Crippen LogP contribution in [0.2, 0.25) is 10.0 Å². The van der Waals surface area contributed by atoms with E-state index >= 15 is 0 Å². The highest BCUT2D eigenvalue weighted by Crippen LogP contribution is 2.33. The molecule has 3 rings (SSSR count). The van der Waals surface area contributed by atoms with E-state index in [0.717, 1.165) is 12.1 Å². The van der Waals surface area contributed by atoms with Crippen LogP contribution in [0.5, 0.6) is 0 Å². The molecule has 5 nitrogen and oxygen atoms in total. The van der Waals surface area contributed by atoms with Gasteiger partial charge in [0.2, 0.25) is 0 Å². The summed E-state index contributed by atoms with van der Waals surface area (Å²) in [6.45, 7) is 0. The van der Waals surface area contributed by atoms with Crippen molar-refractivity contribution in [1.82, 2.24) is 9.97 Å². The second-order valence-corrected chi connectivity index (χ2v) is 6.34. The SMILES string of the molecule is Nc1c(Nc2cc(Cl)cc(Cl)c2)ncnc1Nc1cccc(C(F)(F)F)c1. The van der Waals surface area contributed by atoms with Crippen molar-refractivity contribution < 1.29 is 13.2 Å². The van der Waals surface area contributed by atoms with Gasteiger partial charge in [0, 0.05) is 21.4 Å². The second kappa shape index (κ2) is 7.50. The lowest BCUT2D eigenvalue weighted by atomic mass is 10.2. The van der Waals surface area contributed by atoms with Crippen molar-refractivity contribution >= 4 is 51.9 Å². The number of aromatic nitrogens is 2. The molecule has 4 N–H and O–H groups in total. The molecule has 0 saturated carbocycles. The van der Waals surface area contributed by atoms with E-state index in [4.69, 9.17) is 28.9 Å². The Morgan fingerprint density at radius 2 is 1.44 bits per heavy atom. The summed E-state index contributed by atoms with van der Waals surface area (Å²) in [6.07, 6.45) is -3.23. The summed E-state index contributed by atoms with van der Waals surface area (Å²) in [6, 6.07) is 9.51. The average molecular weight is 414 g/mol. The first-order valence-corrected chi connectivity index (χ1v) is 8.26. The normalized spacial score (nSPS) is 11.3. The molecular formula is C17H12Cl2F3N5. The highest BCUT2D eigenvalue weighted by molar-refractivity contribution is 6.35. The highest BCUT2D eigenvalue weighted by Gasteiger charge is 2.30. The van der Waals surface area contributed by atoms with E-state index in [0.29, 0.717) is 15.7 Å². The molecule has 0 bridgehead atoms. The Balaban J connectivity index is 1.87. The number of nitrogens with one attached hydrogen (secondary N) is 2. The van der Waals surface area contributed by atoms with Crippen LogP contribution < -0.4 is 16.4 Å². The van der Waals surface area contributed by atoms with Crippen molar-refractivity contribution in [3.05, 3.63) is 64.4 Å². The summed E-state index contributed by atoms with van der Waals surface area (Å²) in [4.78, 5) is 8.02. The largest absolute Gasteiger partial charge is 0.416 e. The van der Waals surface area contributed by atoms with Crippen molar-refractivity contribution in [3.63, 3.8) is 0 Å². The Morgan fingerprint density at radius 1 is 0.852 bits per heavy atom. The molecule has 10 heteroatoms. The van der Waals surface area contributed by atoms with E-state index < -0.39 is 11.7 Å². The Labute approximate surface area is 162 Å². The third kappa shape index (κ3) is 4.72. The van der Waals surface area contributed by atoms with Gasteiger partial charge in [-0.1, -0.05) is 29.3 Å². The van der Waals surface area contributed by atoms with Crippen LogP contribution in [0, 0.1) is 0 Å². The molecule has 0 radical (unpaired) electrons. The molecule has 27 heavy (non-hydrogen) atoms. The van der Waals surface area contributed by atoms with Gasteiger partial charge >= 0.3 is 6.18 Å². The van der Waals surface area contributed by atoms with Crippen molar-refractivity contribution in [1.29, 1.82) is 0 Å². The Morgan fingerprint density at radius 3 is 2.04 bits per heavy atom. The molecule has 0 spiro atoms. The zero-order valence-electron chi connectivity index (χ0n) is 13.5. The minimum atomic E-state index is -4.45. The summed E-state index contributed by atoms with van der Waals surface area (Å²) >= 11 is 11.9. The number of halogens is 5. The van der Waals surface area contributed by atoms with E-state index in [2.05, 4.69) is 20.6 Å². The molecule has 0 aliphatic carbocycles. The van der Waals surface area contributed by atoms with Gasteiger partial charge in [0.05, 0.1) is 5.56 Å². The standard InChI is InChI=1S/C17H12Cl2F3N5/c18-10-5-11(19)7-13(6-10)27-16-14(23)15(24-8-25-16)26-12-3-1-2-9(4-12)17(20,21)22/h1-8H,23H2,(H2,24,25,26,27). The molecule has 1 heterocycles. The van der Waals surface area contributed by atoms with Crippen LogP contribution in [0.3, 0.4) is 0 Å². The number of anilines is 5. The first kappa shape index (κ1) is 19.1. The molecule has 0 aliphatic heterocycles. The predicted octanol–water partition coefficient (Wildman–Crippen LogP) is 5.87. The molecule has 0 atom stereocenters. The van der Waals surface area contributed by atoms with Crippen LogP contribution in [0.25, 0.3) is 0 Å². The van der Waals surface area contributed by atoms with Crippen molar-refractivity contribution in [3.8, 4) is 0 Å². The zero-order chi connectivity index (χ0) is 19.6. The lowest BCUT2D eigenvalue weighted by molar-refractivity contribution is -0.137. The van der Waals surface area contributed by atoms with Crippen molar-refractivity contribution in [2.75, 3.05) is 16.4 Å². The Bertz CT molecular complexity index is 959. The van der Waals surface area contributed by atoms with Gasteiger partial charge < -0.3 is 16.4 Å². The van der Waals surface area contributed by atoms with Crippen LogP contribution in [-0.2, 0) is 6.18 Å². The van der Waals surface area contributed by atoms with E-state index in [-0.39, 0.29) is 23.0 Å². The molecule has 0 unspecified atom stereocenters.